The molecule has 200 valence electrons. The quantitative estimate of drug-likeness (QED) is 0.343. The van der Waals surface area contributed by atoms with Gasteiger partial charge in [-0.2, -0.15) is 4.98 Å². The first-order valence-electron chi connectivity index (χ1n) is 12.8. The van der Waals surface area contributed by atoms with Crippen LogP contribution in [0.2, 0.25) is 0 Å². The summed E-state index contributed by atoms with van der Waals surface area (Å²) in [6.45, 7) is 3.72. The predicted octanol–water partition coefficient (Wildman–Crippen LogP) is 2.56. The van der Waals surface area contributed by atoms with Gasteiger partial charge in [-0.1, -0.05) is 6.07 Å². The van der Waals surface area contributed by atoms with Crippen molar-refractivity contribution in [1.82, 2.24) is 34.0 Å². The Hall–Kier alpha value is -4.51. The number of pyridine rings is 2. The van der Waals surface area contributed by atoms with Crippen LogP contribution in [0.3, 0.4) is 0 Å². The second-order valence-corrected chi connectivity index (χ2v) is 10.1. The van der Waals surface area contributed by atoms with Gasteiger partial charge in [0.1, 0.15) is 11.5 Å². The minimum atomic E-state index is -0.198. The van der Waals surface area contributed by atoms with Crippen LogP contribution in [0.5, 0.6) is 5.88 Å². The molecule has 1 aliphatic heterocycles. The minimum absolute atomic E-state index is 0.198. The van der Waals surface area contributed by atoms with E-state index in [4.69, 9.17) is 9.72 Å². The molecule has 0 amide bonds. The van der Waals surface area contributed by atoms with Gasteiger partial charge in [0.05, 0.1) is 29.9 Å². The summed E-state index contributed by atoms with van der Waals surface area (Å²) in [4.78, 5) is 38.4. The van der Waals surface area contributed by atoms with Gasteiger partial charge in [0.25, 0.3) is 0 Å². The molecule has 1 aliphatic rings. The smallest absolute Gasteiger partial charge is 0.333 e. The van der Waals surface area contributed by atoms with Gasteiger partial charge in [-0.15, -0.1) is 0 Å². The summed E-state index contributed by atoms with van der Waals surface area (Å²) in [6.07, 6.45) is 5.35. The highest BCUT2D eigenvalue weighted by atomic mass is 16.5. The molecule has 0 unspecified atom stereocenters. The number of rotatable bonds is 5. The van der Waals surface area contributed by atoms with Crippen molar-refractivity contribution in [3.05, 3.63) is 59.4 Å². The zero-order valence-corrected chi connectivity index (χ0v) is 22.8. The van der Waals surface area contributed by atoms with Crippen molar-refractivity contribution in [3.8, 4) is 22.7 Å². The van der Waals surface area contributed by atoms with Crippen LogP contribution in [-0.2, 0) is 7.05 Å². The fraction of sp³-hybridized carbons (Fsp3) is 0.321. The number of hydrogen-bond donors (Lipinski definition) is 0. The van der Waals surface area contributed by atoms with Gasteiger partial charge < -0.3 is 19.4 Å². The molecule has 11 heteroatoms. The average molecular weight is 526 g/mol. The fourth-order valence-electron chi connectivity index (χ4n) is 5.06. The van der Waals surface area contributed by atoms with Gasteiger partial charge in [-0.3, -0.25) is 14.1 Å². The molecule has 1 fully saturated rings. The van der Waals surface area contributed by atoms with Gasteiger partial charge in [0, 0.05) is 70.7 Å². The second kappa shape index (κ2) is 9.66. The van der Waals surface area contributed by atoms with E-state index in [9.17, 15) is 4.79 Å². The standard InChI is InChI=1S/C28H31N9O2/c1-33(2)27-30-15-19(16-31-27)18-6-7-21-20(14-18)25-23(17-29-21)35(4)28(38)37(25)22-8-9-24(32-26(22)39-5)36-12-10-34(3)11-13-36/h6-9,14-17H,10-13H2,1-5H3. The van der Waals surface area contributed by atoms with Crippen LogP contribution in [0.15, 0.2) is 53.7 Å². The van der Waals surface area contributed by atoms with E-state index in [-0.39, 0.29) is 5.69 Å². The highest BCUT2D eigenvalue weighted by Gasteiger charge is 2.22. The Kier molecular flexibility index (Phi) is 6.15. The molecule has 11 nitrogen and oxygen atoms in total. The van der Waals surface area contributed by atoms with Crippen LogP contribution in [0.25, 0.3) is 38.8 Å². The molecule has 5 heterocycles. The molecular formula is C28H31N9O2. The van der Waals surface area contributed by atoms with E-state index in [1.54, 1.807) is 41.9 Å². The van der Waals surface area contributed by atoms with Crippen molar-refractivity contribution in [1.29, 1.82) is 0 Å². The molecule has 1 saturated heterocycles. The normalized spacial score (nSPS) is 14.3. The molecule has 0 aliphatic carbocycles. The van der Waals surface area contributed by atoms with E-state index in [1.807, 2.05) is 49.3 Å². The Morgan fingerprint density at radius 2 is 1.64 bits per heavy atom. The molecule has 0 spiro atoms. The summed E-state index contributed by atoms with van der Waals surface area (Å²) in [6, 6.07) is 9.87. The molecular weight excluding hydrogens is 494 g/mol. The zero-order valence-electron chi connectivity index (χ0n) is 22.8. The predicted molar refractivity (Wildman–Crippen MR) is 153 cm³/mol. The van der Waals surface area contributed by atoms with Gasteiger partial charge >= 0.3 is 5.69 Å². The molecule has 39 heavy (non-hydrogen) atoms. The monoisotopic (exact) mass is 525 g/mol. The van der Waals surface area contributed by atoms with Gasteiger partial charge in [-0.25, -0.2) is 14.8 Å². The van der Waals surface area contributed by atoms with Crippen molar-refractivity contribution in [3.63, 3.8) is 0 Å². The SMILES string of the molecule is COc1nc(N2CCN(C)CC2)ccc1-n1c(=O)n(C)c2cnc3ccc(-c4cnc(N(C)C)nc4)cc3c21. The number of piperazine rings is 1. The van der Waals surface area contributed by atoms with Crippen LogP contribution in [0.1, 0.15) is 0 Å². The Morgan fingerprint density at radius 3 is 2.33 bits per heavy atom. The number of anilines is 2. The summed E-state index contributed by atoms with van der Waals surface area (Å²) in [7, 11) is 9.28. The molecule has 4 aromatic heterocycles. The number of methoxy groups -OCH3 is 1. The van der Waals surface area contributed by atoms with Crippen molar-refractivity contribution >= 4 is 33.7 Å². The Balaban J connectivity index is 1.52. The highest BCUT2D eigenvalue weighted by Crippen LogP contribution is 2.32. The Labute approximate surface area is 225 Å². The molecule has 0 atom stereocenters. The molecule has 5 aromatic rings. The summed E-state index contributed by atoms with van der Waals surface area (Å²) < 4.78 is 9.03. The lowest BCUT2D eigenvalue weighted by Gasteiger charge is -2.33. The number of benzene rings is 1. The number of ether oxygens (including phenoxy) is 1. The van der Waals surface area contributed by atoms with E-state index in [2.05, 4.69) is 31.8 Å². The Bertz CT molecular complexity index is 1730. The largest absolute Gasteiger partial charge is 0.479 e. The van der Waals surface area contributed by atoms with Gasteiger partial charge in [0.15, 0.2) is 0 Å². The van der Waals surface area contributed by atoms with Crippen LogP contribution < -0.4 is 20.2 Å². The Morgan fingerprint density at radius 1 is 0.897 bits per heavy atom. The van der Waals surface area contributed by atoms with E-state index in [1.165, 1.54) is 0 Å². The summed E-state index contributed by atoms with van der Waals surface area (Å²) in [5.74, 6) is 1.88. The van der Waals surface area contributed by atoms with Crippen LogP contribution in [0.4, 0.5) is 11.8 Å². The van der Waals surface area contributed by atoms with E-state index in [0.717, 1.165) is 59.5 Å². The lowest BCUT2D eigenvalue weighted by molar-refractivity contribution is 0.311. The number of likely N-dealkylation sites (N-methyl/N-ethyl adjacent to an activating group) is 1. The van der Waals surface area contributed by atoms with Gasteiger partial charge in [-0.05, 0) is 36.9 Å². The third-order valence-corrected chi connectivity index (χ3v) is 7.34. The fourth-order valence-corrected chi connectivity index (χ4v) is 5.06. The first-order valence-corrected chi connectivity index (χ1v) is 12.8. The van der Waals surface area contributed by atoms with E-state index < -0.39 is 0 Å². The summed E-state index contributed by atoms with van der Waals surface area (Å²) >= 11 is 0. The van der Waals surface area contributed by atoms with Crippen molar-refractivity contribution in [2.75, 3.05) is 64.2 Å². The third-order valence-electron chi connectivity index (χ3n) is 7.34. The average Bonchev–Trinajstić information content (AvgIpc) is 3.22. The highest BCUT2D eigenvalue weighted by molar-refractivity contribution is 6.04. The first-order chi connectivity index (χ1) is 18.9. The molecule has 0 bridgehead atoms. The minimum Gasteiger partial charge on any atom is -0.479 e. The number of aromatic nitrogens is 6. The first kappa shape index (κ1) is 24.8. The van der Waals surface area contributed by atoms with Crippen molar-refractivity contribution < 1.29 is 4.74 Å². The maximum Gasteiger partial charge on any atom is 0.333 e. The van der Waals surface area contributed by atoms with E-state index in [0.29, 0.717) is 23.0 Å². The third kappa shape index (κ3) is 4.24. The molecule has 0 N–H and O–H groups in total. The maximum atomic E-state index is 13.7. The lowest BCUT2D eigenvalue weighted by Crippen LogP contribution is -2.44. The number of nitrogens with zero attached hydrogens (tertiary/aromatic N) is 9. The number of hydrogen-bond acceptors (Lipinski definition) is 9. The number of imidazole rings is 1. The lowest BCUT2D eigenvalue weighted by atomic mass is 10.1. The number of aryl methyl sites for hydroxylation is 1. The van der Waals surface area contributed by atoms with Crippen LogP contribution in [-0.4, -0.2) is 88.4 Å². The summed E-state index contributed by atoms with van der Waals surface area (Å²) in [5, 5.41) is 0.838. The van der Waals surface area contributed by atoms with Crippen LogP contribution in [0, 0.1) is 0 Å². The molecule has 0 radical (unpaired) electrons. The molecule has 1 aromatic carbocycles. The topological polar surface area (TPSA) is 97.4 Å². The van der Waals surface area contributed by atoms with Gasteiger partial charge in [0.2, 0.25) is 11.8 Å². The summed E-state index contributed by atoms with van der Waals surface area (Å²) in [5.41, 5.74) is 4.43. The molecule has 0 saturated carbocycles. The van der Waals surface area contributed by atoms with E-state index >= 15 is 0 Å². The molecule has 6 rings (SSSR count). The number of fused-ring (bicyclic) bond motifs is 3. The van der Waals surface area contributed by atoms with Crippen molar-refractivity contribution in [2.45, 2.75) is 0 Å². The maximum absolute atomic E-state index is 13.7. The second-order valence-electron chi connectivity index (χ2n) is 10.1. The zero-order chi connectivity index (χ0) is 27.3. The van der Waals surface area contributed by atoms with Crippen LogP contribution >= 0.6 is 0 Å². The van der Waals surface area contributed by atoms with Crippen molar-refractivity contribution in [2.24, 2.45) is 7.05 Å².